The van der Waals surface area contributed by atoms with Crippen molar-refractivity contribution in [2.45, 2.75) is 33.6 Å². The molecule has 0 saturated heterocycles. The molecule has 20 heavy (non-hydrogen) atoms. The van der Waals surface area contributed by atoms with Gasteiger partial charge in [0.2, 0.25) is 0 Å². The van der Waals surface area contributed by atoms with Gasteiger partial charge in [0, 0.05) is 18.8 Å². The largest absolute Gasteiger partial charge is 0.490 e. The van der Waals surface area contributed by atoms with Crippen molar-refractivity contribution in [1.82, 2.24) is 0 Å². The number of aliphatic imine (C=N–C) groups is 1. The highest BCUT2D eigenvalue weighted by Crippen LogP contribution is 2.33. The molecule has 2 rings (SSSR count). The number of allylic oxidation sites excluding steroid dienone is 1. The molecular formula is C17H24FNO. The third kappa shape index (κ3) is 4.19. The molecule has 1 fully saturated rings. The normalized spacial score (nSPS) is 13.8. The van der Waals surface area contributed by atoms with E-state index in [1.807, 2.05) is 20.8 Å². The molecule has 0 bridgehead atoms. The topological polar surface area (TPSA) is 21.6 Å². The van der Waals surface area contributed by atoms with Crippen molar-refractivity contribution in [3.8, 4) is 5.75 Å². The first kappa shape index (κ1) is 16.4. The van der Waals surface area contributed by atoms with E-state index in [-0.39, 0.29) is 5.82 Å². The number of ether oxygens (including phenoxy) is 1. The lowest BCUT2D eigenvalue weighted by atomic mass is 10.0. The number of halogens is 1. The zero-order valence-corrected chi connectivity index (χ0v) is 12.9. The second kappa shape index (κ2) is 7.83. The fraction of sp³-hybridized carbons (Fsp3) is 0.471. The Hall–Kier alpha value is -1.64. The van der Waals surface area contributed by atoms with Gasteiger partial charge in [0.1, 0.15) is 0 Å². The Morgan fingerprint density at radius 1 is 1.45 bits per heavy atom. The van der Waals surface area contributed by atoms with Gasteiger partial charge in [-0.05, 0) is 37.3 Å². The van der Waals surface area contributed by atoms with Crippen LogP contribution < -0.4 is 4.74 Å². The zero-order chi connectivity index (χ0) is 15.1. The molecular weight excluding hydrogens is 253 g/mol. The summed E-state index contributed by atoms with van der Waals surface area (Å²) in [6.07, 6.45) is 3.99. The van der Waals surface area contributed by atoms with Crippen molar-refractivity contribution in [2.75, 3.05) is 13.7 Å². The average molecular weight is 277 g/mol. The van der Waals surface area contributed by atoms with E-state index < -0.39 is 0 Å². The third-order valence-corrected chi connectivity index (χ3v) is 3.03. The van der Waals surface area contributed by atoms with E-state index in [4.69, 9.17) is 4.74 Å². The monoisotopic (exact) mass is 277 g/mol. The summed E-state index contributed by atoms with van der Waals surface area (Å²) in [6.45, 7) is 10.4. The minimum Gasteiger partial charge on any atom is -0.490 e. The van der Waals surface area contributed by atoms with Crippen LogP contribution in [-0.2, 0) is 0 Å². The predicted octanol–water partition coefficient (Wildman–Crippen LogP) is 4.72. The van der Waals surface area contributed by atoms with Crippen LogP contribution in [0.5, 0.6) is 5.75 Å². The van der Waals surface area contributed by atoms with Gasteiger partial charge in [0.05, 0.1) is 6.61 Å². The van der Waals surface area contributed by atoms with E-state index in [1.54, 1.807) is 19.3 Å². The van der Waals surface area contributed by atoms with Crippen LogP contribution >= 0.6 is 0 Å². The molecule has 1 aliphatic rings. The summed E-state index contributed by atoms with van der Waals surface area (Å²) in [5.74, 6) is 0.549. The van der Waals surface area contributed by atoms with Crippen LogP contribution in [0.3, 0.4) is 0 Å². The summed E-state index contributed by atoms with van der Waals surface area (Å²) in [4.78, 5) is 3.98. The molecule has 110 valence electrons. The standard InChI is InChI=1S/C15H18FNO.C2H6/c1-10(2)12-6-7-14(16)15(13(12)8-17-3)18-9-11-4-5-11;1-2/h6-8,11H,1,4-5,9H2,2-3H3;1-2H3. The molecule has 3 heteroatoms. The highest BCUT2D eigenvalue weighted by atomic mass is 19.1. The minimum atomic E-state index is -0.337. The Bertz CT molecular complexity index is 490. The molecule has 0 aromatic heterocycles. The molecule has 0 spiro atoms. The van der Waals surface area contributed by atoms with Crippen molar-refractivity contribution < 1.29 is 9.13 Å². The third-order valence-electron chi connectivity index (χ3n) is 3.03. The van der Waals surface area contributed by atoms with E-state index >= 15 is 0 Å². The molecule has 0 aliphatic heterocycles. The molecule has 0 amide bonds. The first-order chi connectivity index (χ1) is 9.63. The number of hydrogen-bond acceptors (Lipinski definition) is 2. The minimum absolute atomic E-state index is 0.299. The number of benzene rings is 1. The van der Waals surface area contributed by atoms with Gasteiger partial charge in [0.25, 0.3) is 0 Å². The van der Waals surface area contributed by atoms with Gasteiger partial charge >= 0.3 is 0 Å². The molecule has 0 atom stereocenters. The molecule has 0 unspecified atom stereocenters. The smallest absolute Gasteiger partial charge is 0.165 e. The highest BCUT2D eigenvalue weighted by molar-refractivity contribution is 5.91. The maximum Gasteiger partial charge on any atom is 0.165 e. The molecule has 2 nitrogen and oxygen atoms in total. The molecule has 0 heterocycles. The molecule has 1 aromatic carbocycles. The van der Waals surface area contributed by atoms with Crippen molar-refractivity contribution in [2.24, 2.45) is 10.9 Å². The summed E-state index contributed by atoms with van der Waals surface area (Å²) >= 11 is 0. The Labute approximate surface area is 121 Å². The predicted molar refractivity (Wildman–Crippen MR) is 84.2 cm³/mol. The Morgan fingerprint density at radius 3 is 2.60 bits per heavy atom. The zero-order valence-electron chi connectivity index (χ0n) is 12.9. The van der Waals surface area contributed by atoms with Gasteiger partial charge in [-0.1, -0.05) is 32.1 Å². The number of hydrogen-bond donors (Lipinski definition) is 0. The fourth-order valence-corrected chi connectivity index (χ4v) is 1.83. The average Bonchev–Trinajstić information content (AvgIpc) is 3.24. The Morgan fingerprint density at radius 2 is 2.10 bits per heavy atom. The second-order valence-corrected chi connectivity index (χ2v) is 4.76. The fourth-order valence-electron chi connectivity index (χ4n) is 1.83. The molecule has 1 aliphatic carbocycles. The van der Waals surface area contributed by atoms with Crippen LogP contribution in [0.25, 0.3) is 5.57 Å². The quantitative estimate of drug-likeness (QED) is 0.713. The molecule has 0 radical (unpaired) electrons. The maximum absolute atomic E-state index is 13.9. The SMILES string of the molecule is C=C(C)c1ccc(F)c(OCC2CC2)c1C=NC.CC. The van der Waals surface area contributed by atoms with Crippen LogP contribution in [0, 0.1) is 11.7 Å². The summed E-state index contributed by atoms with van der Waals surface area (Å²) < 4.78 is 19.5. The summed E-state index contributed by atoms with van der Waals surface area (Å²) in [5.41, 5.74) is 2.44. The van der Waals surface area contributed by atoms with E-state index in [0.717, 1.165) is 11.1 Å². The highest BCUT2D eigenvalue weighted by Gasteiger charge is 2.23. The summed E-state index contributed by atoms with van der Waals surface area (Å²) in [6, 6.07) is 3.15. The van der Waals surface area contributed by atoms with Crippen LogP contribution in [0.1, 0.15) is 44.7 Å². The van der Waals surface area contributed by atoms with Crippen molar-refractivity contribution in [3.63, 3.8) is 0 Å². The van der Waals surface area contributed by atoms with Crippen LogP contribution in [0.2, 0.25) is 0 Å². The number of nitrogens with zero attached hydrogens (tertiary/aromatic N) is 1. The Balaban J connectivity index is 0.000000956. The molecule has 0 N–H and O–H groups in total. The summed E-state index contributed by atoms with van der Waals surface area (Å²) in [5, 5.41) is 0. The van der Waals surface area contributed by atoms with Gasteiger partial charge in [-0.25, -0.2) is 4.39 Å². The van der Waals surface area contributed by atoms with Gasteiger partial charge in [-0.3, -0.25) is 4.99 Å². The van der Waals surface area contributed by atoms with E-state index in [0.29, 0.717) is 23.8 Å². The van der Waals surface area contributed by atoms with Crippen LogP contribution in [-0.4, -0.2) is 19.9 Å². The first-order valence-corrected chi connectivity index (χ1v) is 7.16. The van der Waals surface area contributed by atoms with Gasteiger partial charge < -0.3 is 4.74 Å². The van der Waals surface area contributed by atoms with Crippen molar-refractivity contribution in [3.05, 3.63) is 35.7 Å². The second-order valence-electron chi connectivity index (χ2n) is 4.76. The maximum atomic E-state index is 13.9. The van der Waals surface area contributed by atoms with Crippen LogP contribution in [0.15, 0.2) is 23.7 Å². The van der Waals surface area contributed by atoms with E-state index in [9.17, 15) is 4.39 Å². The summed E-state index contributed by atoms with van der Waals surface area (Å²) in [7, 11) is 1.66. The van der Waals surface area contributed by atoms with Gasteiger partial charge in [0.15, 0.2) is 11.6 Å². The van der Waals surface area contributed by atoms with Crippen molar-refractivity contribution in [1.29, 1.82) is 0 Å². The first-order valence-electron chi connectivity index (χ1n) is 7.16. The van der Waals surface area contributed by atoms with Crippen LogP contribution in [0.4, 0.5) is 4.39 Å². The molecule has 1 aromatic rings. The van der Waals surface area contributed by atoms with Crippen molar-refractivity contribution >= 4 is 11.8 Å². The lowest BCUT2D eigenvalue weighted by Gasteiger charge is -2.13. The van der Waals surface area contributed by atoms with E-state index in [2.05, 4.69) is 11.6 Å². The van der Waals surface area contributed by atoms with Gasteiger partial charge in [-0.15, -0.1) is 0 Å². The number of rotatable bonds is 5. The van der Waals surface area contributed by atoms with Gasteiger partial charge in [-0.2, -0.15) is 0 Å². The van der Waals surface area contributed by atoms with E-state index in [1.165, 1.54) is 18.9 Å². The Kier molecular flexibility index (Phi) is 6.43. The molecule has 1 saturated carbocycles. The lowest BCUT2D eigenvalue weighted by molar-refractivity contribution is 0.285. The lowest BCUT2D eigenvalue weighted by Crippen LogP contribution is -2.05.